The van der Waals surface area contributed by atoms with Crippen LogP contribution in [0, 0.1) is 0 Å². The third-order valence-electron chi connectivity index (χ3n) is 6.25. The maximum atomic E-state index is 15.5. The molecule has 244 valence electrons. The molecule has 1 aliphatic rings. The number of imidazole rings is 1. The van der Waals surface area contributed by atoms with Crippen molar-refractivity contribution < 1.29 is 51.5 Å². The topological polar surface area (TPSA) is 225 Å². The molecule has 0 unspecified atom stereocenters. The molecule has 0 bridgehead atoms. The van der Waals surface area contributed by atoms with E-state index in [1.54, 1.807) is 27.7 Å². The van der Waals surface area contributed by atoms with Gasteiger partial charge in [-0.05, 0) is 0 Å². The zero-order chi connectivity index (χ0) is 32.4. The van der Waals surface area contributed by atoms with E-state index >= 15 is 4.39 Å². The number of carbonyl (C=O) groups is 2. The maximum absolute atomic E-state index is 15.5. The average Bonchev–Trinajstić information content (AvgIpc) is 3.41. The van der Waals surface area contributed by atoms with Gasteiger partial charge in [-0.25, -0.2) is 0 Å². The van der Waals surface area contributed by atoms with Crippen molar-refractivity contribution in [2.75, 3.05) is 12.3 Å². The number of ether oxygens (including phenoxy) is 3. The Labute approximate surface area is 244 Å². The first kappa shape index (κ1) is 34.6. The molecule has 43 heavy (non-hydrogen) atoms. The zero-order valence-corrected chi connectivity index (χ0v) is 25.2. The van der Waals surface area contributed by atoms with Crippen LogP contribution in [0.4, 0.5) is 19.1 Å². The Kier molecular flexibility index (Phi) is 10.7. The Hall–Kier alpha value is -2.93. The number of nitrogens with zero attached hydrogens (tertiary/aromatic N) is 3. The number of nitrogens with one attached hydrogen (secondary N) is 3. The van der Waals surface area contributed by atoms with Crippen LogP contribution in [-0.4, -0.2) is 96.7 Å². The summed E-state index contributed by atoms with van der Waals surface area (Å²) in [6.07, 6.45) is -10.8. The number of halogens is 3. The van der Waals surface area contributed by atoms with E-state index in [1.165, 1.54) is 13.8 Å². The first-order valence-electron chi connectivity index (χ1n) is 13.2. The number of aromatic nitrogens is 4. The Morgan fingerprint density at radius 1 is 1.16 bits per heavy atom. The summed E-state index contributed by atoms with van der Waals surface area (Å²) in [6, 6.07) is -2.57. The van der Waals surface area contributed by atoms with Gasteiger partial charge in [0.1, 0.15) is 0 Å². The molecule has 0 amide bonds. The van der Waals surface area contributed by atoms with Crippen molar-refractivity contribution >= 4 is 37.1 Å². The Balaban J connectivity index is 1.93. The Bertz CT molecular complexity index is 1330. The number of H-pyrrole nitrogens is 1. The van der Waals surface area contributed by atoms with E-state index in [2.05, 4.69) is 25.1 Å². The molecule has 3 heterocycles. The number of esters is 2. The van der Waals surface area contributed by atoms with Gasteiger partial charge in [0.2, 0.25) is 0 Å². The molecule has 2 aromatic rings. The van der Waals surface area contributed by atoms with E-state index in [4.69, 9.17) is 24.5 Å². The van der Waals surface area contributed by atoms with Crippen LogP contribution < -0.4 is 21.5 Å². The third-order valence-corrected chi connectivity index (χ3v) is 8.46. The number of aliphatic hydroxyl groups excluding tert-OH is 1. The van der Waals surface area contributed by atoms with Crippen LogP contribution in [0.15, 0.2) is 11.1 Å². The van der Waals surface area contributed by atoms with E-state index in [1.807, 2.05) is 0 Å². The Morgan fingerprint density at radius 2 is 1.70 bits per heavy atom. The van der Waals surface area contributed by atoms with Gasteiger partial charge in [0.05, 0.1) is 0 Å². The molecule has 7 N–H and O–H groups in total. The van der Waals surface area contributed by atoms with E-state index in [0.29, 0.717) is 0 Å². The van der Waals surface area contributed by atoms with Gasteiger partial charge in [-0.15, -0.1) is 0 Å². The number of nitrogens with two attached hydrogens (primary N) is 1. The summed E-state index contributed by atoms with van der Waals surface area (Å²) in [5.41, 5.74) is 1.05. The molecule has 0 radical (unpaired) electrons. The molecule has 16 nitrogen and oxygen atoms in total. The van der Waals surface area contributed by atoms with Crippen LogP contribution in [0.1, 0.15) is 47.8 Å². The summed E-state index contributed by atoms with van der Waals surface area (Å²) < 4.78 is 66.5. The summed E-state index contributed by atoms with van der Waals surface area (Å²) in [4.78, 5) is 58.2. The standard InChI is InChI=1S/C23H37F3N7O9P/c1-9(2)40-19(36)11(5)31-43(38,32-12(6)20(37)41-10(3)4)39-7-23(21(25)26)15(34)13(24)18(42-23)33-8-28-14-16(33)29-22(27)30-17(14)35/h8-13,15,18,21,31-32,34,38,43H,7H2,1-6H3,(H3,27,29,30,35)/t11-,12-,13+,15-,18+,23+/m0/s1. The number of hydrogen-bond acceptors (Lipinski definition) is 14. The van der Waals surface area contributed by atoms with Crippen molar-refractivity contribution in [2.45, 2.75) is 96.4 Å². The first-order chi connectivity index (χ1) is 19.9. The first-order valence-corrected chi connectivity index (χ1v) is 15.1. The molecule has 0 aliphatic carbocycles. The fourth-order valence-electron chi connectivity index (χ4n) is 4.20. The minimum atomic E-state index is -4.80. The number of alkyl halides is 3. The average molecular weight is 644 g/mol. The summed E-state index contributed by atoms with van der Waals surface area (Å²) >= 11 is 0. The number of aliphatic hydroxyl groups is 1. The second-order valence-corrected chi connectivity index (χ2v) is 12.7. The van der Waals surface area contributed by atoms with E-state index in [9.17, 15) is 33.2 Å². The van der Waals surface area contributed by atoms with Crippen LogP contribution in [0.5, 0.6) is 0 Å². The number of aromatic amines is 1. The number of hydrogen-bond donors (Lipinski definition) is 6. The molecule has 0 spiro atoms. The number of nitrogen functional groups attached to an aromatic ring is 1. The van der Waals surface area contributed by atoms with E-state index < -0.39 is 86.9 Å². The van der Waals surface area contributed by atoms with Gasteiger partial charge in [0.25, 0.3) is 0 Å². The number of anilines is 1. The predicted molar refractivity (Wildman–Crippen MR) is 146 cm³/mol. The van der Waals surface area contributed by atoms with Crippen LogP contribution in [0.3, 0.4) is 0 Å². The van der Waals surface area contributed by atoms with E-state index in [-0.39, 0.29) is 17.1 Å². The molecular weight excluding hydrogens is 606 g/mol. The van der Waals surface area contributed by atoms with Gasteiger partial charge in [-0.2, -0.15) is 0 Å². The second-order valence-electron chi connectivity index (χ2n) is 10.6. The van der Waals surface area contributed by atoms with Crippen molar-refractivity contribution in [2.24, 2.45) is 0 Å². The fourth-order valence-corrected chi connectivity index (χ4v) is 6.30. The number of rotatable bonds is 13. The van der Waals surface area contributed by atoms with Gasteiger partial charge < -0.3 is 0 Å². The molecule has 1 fully saturated rings. The van der Waals surface area contributed by atoms with Crippen LogP contribution in [-0.2, 0) is 28.3 Å². The molecule has 1 aliphatic heterocycles. The molecule has 6 atom stereocenters. The molecule has 0 saturated carbocycles. The third kappa shape index (κ3) is 7.60. The molecule has 1 saturated heterocycles. The zero-order valence-electron chi connectivity index (χ0n) is 24.2. The van der Waals surface area contributed by atoms with Crippen molar-refractivity contribution in [1.82, 2.24) is 29.7 Å². The molecular formula is C23H37F3N7O9P. The van der Waals surface area contributed by atoms with Crippen LogP contribution in [0.2, 0.25) is 0 Å². The van der Waals surface area contributed by atoms with Crippen LogP contribution >= 0.6 is 8.02 Å². The SMILES string of the molecule is CC(C)OC(=O)[C@H](C)N[PH](O)(N[C@@H](C)C(=O)OC(C)C)OC[C@@]1(C(F)F)O[C@@H](n2cnc3c(=O)[nH]c(N)nc32)[C@H](F)[C@@H]1O. The molecule has 20 heteroatoms. The number of carbonyl (C=O) groups excluding carboxylic acids is 2. The molecule has 3 rings (SSSR count). The monoisotopic (exact) mass is 643 g/mol. The predicted octanol–water partition coefficient (Wildman–Crippen LogP) is 0.212. The van der Waals surface area contributed by atoms with Gasteiger partial charge in [0.15, 0.2) is 0 Å². The van der Waals surface area contributed by atoms with Gasteiger partial charge >= 0.3 is 244 Å². The number of fused-ring (bicyclic) bond motifs is 1. The Morgan fingerprint density at radius 3 is 2.19 bits per heavy atom. The molecule has 2 aromatic heterocycles. The summed E-state index contributed by atoms with van der Waals surface area (Å²) in [5, 5.41) is 15.6. The van der Waals surface area contributed by atoms with Crippen molar-refractivity contribution in [3.05, 3.63) is 16.7 Å². The normalized spacial score (nSPS) is 24.6. The van der Waals surface area contributed by atoms with Gasteiger partial charge in [0, 0.05) is 0 Å². The fraction of sp³-hybridized carbons (Fsp3) is 0.696. The van der Waals surface area contributed by atoms with Gasteiger partial charge in [-0.1, -0.05) is 0 Å². The molecule has 0 aromatic carbocycles. The van der Waals surface area contributed by atoms with E-state index in [0.717, 1.165) is 10.9 Å². The summed E-state index contributed by atoms with van der Waals surface area (Å²) in [7, 11) is -4.80. The minimum absolute atomic E-state index is 0.301. The summed E-state index contributed by atoms with van der Waals surface area (Å²) in [6.45, 7) is 7.53. The van der Waals surface area contributed by atoms with Crippen molar-refractivity contribution in [3.63, 3.8) is 0 Å². The quantitative estimate of drug-likeness (QED) is 0.127. The van der Waals surface area contributed by atoms with Crippen molar-refractivity contribution in [1.29, 1.82) is 0 Å². The summed E-state index contributed by atoms with van der Waals surface area (Å²) in [5.74, 6) is -2.07. The van der Waals surface area contributed by atoms with Crippen molar-refractivity contribution in [3.8, 4) is 0 Å². The van der Waals surface area contributed by atoms with Gasteiger partial charge in [-0.3, -0.25) is 0 Å². The van der Waals surface area contributed by atoms with Crippen LogP contribution in [0.25, 0.3) is 11.2 Å². The second kappa shape index (κ2) is 13.4.